The van der Waals surface area contributed by atoms with Gasteiger partial charge in [0.1, 0.15) is 0 Å². The summed E-state index contributed by atoms with van der Waals surface area (Å²) in [6, 6.07) is 10.7. The fraction of sp³-hybridized carbons (Fsp3) is 0.250. The maximum Gasteiger partial charge on any atom is 0.340 e. The van der Waals surface area contributed by atoms with Gasteiger partial charge in [-0.2, -0.15) is 0 Å². The number of nitrogens with one attached hydrogen (secondary N) is 2. The average molecular weight is 421 g/mol. The zero-order valence-electron chi connectivity index (χ0n) is 15.8. The van der Waals surface area contributed by atoms with Crippen molar-refractivity contribution in [3.8, 4) is 0 Å². The molecule has 2 aromatic carbocycles. The van der Waals surface area contributed by atoms with E-state index in [1.165, 1.54) is 11.8 Å². The average Bonchev–Trinajstić information content (AvgIpc) is 2.67. The van der Waals surface area contributed by atoms with Crippen LogP contribution in [0.2, 0.25) is 5.02 Å². The Balaban J connectivity index is 1.83. The SMILES string of the molecule is CSc1ccc(Cl)c(C(=O)OCC(=O)NCC(=O)Nc2c(C)cccc2C)c1. The van der Waals surface area contributed by atoms with Gasteiger partial charge in [-0.1, -0.05) is 29.8 Å². The number of carbonyl (C=O) groups is 3. The number of thioether (sulfide) groups is 1. The topological polar surface area (TPSA) is 84.5 Å². The Morgan fingerprint density at radius 1 is 1.07 bits per heavy atom. The van der Waals surface area contributed by atoms with Crippen molar-refractivity contribution in [2.45, 2.75) is 18.7 Å². The van der Waals surface area contributed by atoms with Crippen molar-refractivity contribution in [3.05, 3.63) is 58.1 Å². The molecule has 0 unspecified atom stereocenters. The first-order valence-electron chi connectivity index (χ1n) is 8.45. The molecule has 0 fully saturated rings. The maximum atomic E-state index is 12.1. The number of esters is 1. The molecule has 0 heterocycles. The van der Waals surface area contributed by atoms with Crippen LogP contribution in [0.15, 0.2) is 41.3 Å². The Morgan fingerprint density at radius 3 is 2.39 bits per heavy atom. The molecule has 0 atom stereocenters. The van der Waals surface area contributed by atoms with E-state index < -0.39 is 18.5 Å². The van der Waals surface area contributed by atoms with Gasteiger partial charge in [0, 0.05) is 10.6 Å². The number of aryl methyl sites for hydroxylation is 2. The van der Waals surface area contributed by atoms with Gasteiger partial charge in [0.2, 0.25) is 5.91 Å². The third-order valence-corrected chi connectivity index (χ3v) is 4.97. The Morgan fingerprint density at radius 2 is 1.75 bits per heavy atom. The summed E-state index contributed by atoms with van der Waals surface area (Å²) in [6.45, 7) is 3.04. The molecule has 2 rings (SSSR count). The van der Waals surface area contributed by atoms with Crippen LogP contribution in [0, 0.1) is 13.8 Å². The van der Waals surface area contributed by atoms with E-state index in [9.17, 15) is 14.4 Å². The molecule has 0 saturated carbocycles. The second-order valence-corrected chi connectivity index (χ2v) is 7.30. The summed E-state index contributed by atoms with van der Waals surface area (Å²) in [5, 5.41) is 5.43. The van der Waals surface area contributed by atoms with Crippen LogP contribution in [0.25, 0.3) is 0 Å². The highest BCUT2D eigenvalue weighted by atomic mass is 35.5. The third-order valence-electron chi connectivity index (χ3n) is 3.92. The van der Waals surface area contributed by atoms with Crippen molar-refractivity contribution in [1.29, 1.82) is 0 Å². The number of rotatable bonds is 7. The van der Waals surface area contributed by atoms with Gasteiger partial charge in [-0.05, 0) is 49.4 Å². The van der Waals surface area contributed by atoms with E-state index in [1.807, 2.05) is 38.3 Å². The van der Waals surface area contributed by atoms with Crippen molar-refractivity contribution in [3.63, 3.8) is 0 Å². The Hall–Kier alpha value is -2.51. The fourth-order valence-electron chi connectivity index (χ4n) is 2.42. The van der Waals surface area contributed by atoms with Gasteiger partial charge in [0.15, 0.2) is 6.61 Å². The van der Waals surface area contributed by atoms with E-state index in [0.717, 1.165) is 21.7 Å². The lowest BCUT2D eigenvalue weighted by Gasteiger charge is -2.12. The van der Waals surface area contributed by atoms with Gasteiger partial charge < -0.3 is 15.4 Å². The van der Waals surface area contributed by atoms with Crippen molar-refractivity contribution in [2.24, 2.45) is 0 Å². The summed E-state index contributed by atoms with van der Waals surface area (Å²) >= 11 is 7.46. The molecule has 28 heavy (non-hydrogen) atoms. The summed E-state index contributed by atoms with van der Waals surface area (Å²) in [6.07, 6.45) is 1.87. The molecule has 0 aliphatic rings. The number of hydrogen-bond acceptors (Lipinski definition) is 5. The van der Waals surface area contributed by atoms with Gasteiger partial charge in [-0.25, -0.2) is 4.79 Å². The summed E-state index contributed by atoms with van der Waals surface area (Å²) in [5.74, 6) is -1.65. The first-order chi connectivity index (χ1) is 13.3. The van der Waals surface area contributed by atoms with E-state index in [-0.39, 0.29) is 23.0 Å². The second-order valence-electron chi connectivity index (χ2n) is 6.01. The quantitative estimate of drug-likeness (QED) is 0.528. The van der Waals surface area contributed by atoms with Crippen LogP contribution in [-0.2, 0) is 14.3 Å². The number of halogens is 1. The maximum absolute atomic E-state index is 12.1. The monoisotopic (exact) mass is 420 g/mol. The molecule has 0 radical (unpaired) electrons. The van der Waals surface area contributed by atoms with Crippen LogP contribution < -0.4 is 10.6 Å². The molecule has 148 valence electrons. The number of anilines is 1. The molecule has 2 aromatic rings. The highest BCUT2D eigenvalue weighted by molar-refractivity contribution is 7.98. The molecule has 6 nitrogen and oxygen atoms in total. The lowest BCUT2D eigenvalue weighted by atomic mass is 10.1. The first-order valence-corrected chi connectivity index (χ1v) is 10.1. The molecule has 0 aliphatic heterocycles. The standard InChI is InChI=1S/C20H21ClN2O4S/c1-12-5-4-6-13(2)19(12)23-17(24)10-22-18(25)11-27-20(26)15-9-14(28-3)7-8-16(15)21/h4-9H,10-11H2,1-3H3,(H,22,25)(H,23,24). The van der Waals surface area contributed by atoms with Crippen LogP contribution in [0.5, 0.6) is 0 Å². The van der Waals surface area contributed by atoms with Crippen LogP contribution in [0.4, 0.5) is 5.69 Å². The van der Waals surface area contributed by atoms with E-state index in [2.05, 4.69) is 10.6 Å². The van der Waals surface area contributed by atoms with Gasteiger partial charge in [-0.3, -0.25) is 9.59 Å². The van der Waals surface area contributed by atoms with Crippen molar-refractivity contribution < 1.29 is 19.1 Å². The minimum Gasteiger partial charge on any atom is -0.452 e. The van der Waals surface area contributed by atoms with Crippen molar-refractivity contribution in [1.82, 2.24) is 5.32 Å². The Kier molecular flexibility index (Phi) is 7.90. The highest BCUT2D eigenvalue weighted by Crippen LogP contribution is 2.23. The number of hydrogen-bond donors (Lipinski definition) is 2. The van der Waals surface area contributed by atoms with E-state index in [0.29, 0.717) is 0 Å². The molecular weight excluding hydrogens is 400 g/mol. The predicted molar refractivity (Wildman–Crippen MR) is 111 cm³/mol. The largest absolute Gasteiger partial charge is 0.452 e. The molecule has 0 spiro atoms. The summed E-state index contributed by atoms with van der Waals surface area (Å²) < 4.78 is 4.98. The predicted octanol–water partition coefficient (Wildman–Crippen LogP) is 3.59. The molecule has 0 bridgehead atoms. The molecule has 2 amide bonds. The third kappa shape index (κ3) is 6.00. The normalized spacial score (nSPS) is 10.3. The van der Waals surface area contributed by atoms with Crippen molar-refractivity contribution >= 4 is 46.8 Å². The summed E-state index contributed by atoms with van der Waals surface area (Å²) in [5.41, 5.74) is 2.77. The molecule has 2 N–H and O–H groups in total. The van der Waals surface area contributed by atoms with Gasteiger partial charge in [0.25, 0.3) is 5.91 Å². The molecule has 0 aliphatic carbocycles. The summed E-state index contributed by atoms with van der Waals surface area (Å²) in [4.78, 5) is 36.9. The first kappa shape index (κ1) is 21.8. The number of amides is 2. The van der Waals surface area contributed by atoms with Gasteiger partial charge in [0.05, 0.1) is 17.1 Å². The van der Waals surface area contributed by atoms with Crippen LogP contribution in [-0.4, -0.2) is 37.2 Å². The van der Waals surface area contributed by atoms with E-state index in [4.69, 9.17) is 16.3 Å². The minimum absolute atomic E-state index is 0.189. The minimum atomic E-state index is -0.698. The van der Waals surface area contributed by atoms with Crippen LogP contribution >= 0.6 is 23.4 Å². The number of ether oxygens (including phenoxy) is 1. The Bertz CT molecular complexity index is 882. The van der Waals surface area contributed by atoms with Crippen molar-refractivity contribution in [2.75, 3.05) is 24.7 Å². The number of para-hydroxylation sites is 1. The molecule has 8 heteroatoms. The molecule has 0 saturated heterocycles. The van der Waals surface area contributed by atoms with E-state index in [1.54, 1.807) is 18.2 Å². The molecular formula is C20H21ClN2O4S. The molecule has 0 aromatic heterocycles. The van der Waals surface area contributed by atoms with Crippen LogP contribution in [0.3, 0.4) is 0 Å². The van der Waals surface area contributed by atoms with Gasteiger partial charge in [-0.15, -0.1) is 11.8 Å². The van der Waals surface area contributed by atoms with E-state index >= 15 is 0 Å². The zero-order chi connectivity index (χ0) is 20.7. The zero-order valence-corrected chi connectivity index (χ0v) is 17.4. The fourth-order valence-corrected chi connectivity index (χ4v) is 3.06. The lowest BCUT2D eigenvalue weighted by molar-refractivity contribution is -0.126. The smallest absolute Gasteiger partial charge is 0.340 e. The number of carbonyl (C=O) groups excluding carboxylic acids is 3. The van der Waals surface area contributed by atoms with Crippen LogP contribution in [0.1, 0.15) is 21.5 Å². The number of benzene rings is 2. The van der Waals surface area contributed by atoms with Gasteiger partial charge >= 0.3 is 5.97 Å². The Labute approximate surface area is 173 Å². The second kappa shape index (κ2) is 10.1. The lowest BCUT2D eigenvalue weighted by Crippen LogP contribution is -2.35. The highest BCUT2D eigenvalue weighted by Gasteiger charge is 2.15. The summed E-state index contributed by atoms with van der Waals surface area (Å²) in [7, 11) is 0.